The summed E-state index contributed by atoms with van der Waals surface area (Å²) in [4.78, 5) is 41.7. The van der Waals surface area contributed by atoms with Crippen LogP contribution in [0.1, 0.15) is 40.2 Å². The van der Waals surface area contributed by atoms with Gasteiger partial charge in [-0.1, -0.05) is 42.5 Å². The second kappa shape index (κ2) is 9.68. The first-order valence-electron chi connectivity index (χ1n) is 10.6. The number of hydrogen-bond donors (Lipinski definition) is 1. The third-order valence-electron chi connectivity index (χ3n) is 5.75. The minimum absolute atomic E-state index is 0.00127. The molecule has 0 unspecified atom stereocenters. The van der Waals surface area contributed by atoms with Crippen molar-refractivity contribution in [1.29, 1.82) is 0 Å². The number of carbonyl (C=O) groups excluding carboxylic acids is 2. The molecule has 34 heavy (non-hydrogen) atoms. The van der Waals surface area contributed by atoms with Gasteiger partial charge in [0.2, 0.25) is 0 Å². The van der Waals surface area contributed by atoms with Gasteiger partial charge in [0, 0.05) is 18.5 Å². The molecule has 1 saturated heterocycles. The molecule has 178 valence electrons. The van der Waals surface area contributed by atoms with Crippen molar-refractivity contribution in [2.24, 2.45) is 0 Å². The highest BCUT2D eigenvalue weighted by atomic mass is 19.4. The topological polar surface area (TPSA) is 88.8 Å². The Morgan fingerprint density at radius 3 is 2.53 bits per heavy atom. The summed E-state index contributed by atoms with van der Waals surface area (Å²) in [5.41, 5.74) is 3.41. The number of nitrogens with one attached hydrogen (secondary N) is 1. The zero-order valence-corrected chi connectivity index (χ0v) is 17.9. The summed E-state index contributed by atoms with van der Waals surface area (Å²) >= 11 is 0. The Labute approximate surface area is 192 Å². The summed E-state index contributed by atoms with van der Waals surface area (Å²) in [6, 6.07) is 15.8. The van der Waals surface area contributed by atoms with Crippen LogP contribution < -0.4 is 11.1 Å². The van der Waals surface area contributed by atoms with Crippen LogP contribution in [0.5, 0.6) is 0 Å². The van der Waals surface area contributed by atoms with Crippen molar-refractivity contribution in [3.05, 3.63) is 81.7 Å². The van der Waals surface area contributed by atoms with Crippen LogP contribution in [0.3, 0.4) is 0 Å². The maximum Gasteiger partial charge on any atom is 0.492 e. The minimum atomic E-state index is -5.06. The summed E-state index contributed by atoms with van der Waals surface area (Å²) in [5.74, 6) is -2.54. The first-order chi connectivity index (χ1) is 16.2. The van der Waals surface area contributed by atoms with Crippen LogP contribution in [0.4, 0.5) is 13.2 Å². The predicted octanol–water partition coefficient (Wildman–Crippen LogP) is 3.92. The van der Waals surface area contributed by atoms with Crippen molar-refractivity contribution in [1.82, 2.24) is 10.4 Å². The summed E-state index contributed by atoms with van der Waals surface area (Å²) in [6.45, 7) is 0.813. The van der Waals surface area contributed by atoms with E-state index in [1.54, 1.807) is 47.4 Å². The average Bonchev–Trinajstić information content (AvgIpc) is 2.83. The number of hydroxylamine groups is 1. The number of piperidine rings is 1. The number of likely N-dealkylation sites (tertiary alicyclic amines) is 1. The lowest BCUT2D eigenvalue weighted by Gasteiger charge is -2.32. The monoisotopic (exact) mass is 474 g/mol. The molecule has 2 heterocycles. The lowest BCUT2D eigenvalue weighted by molar-refractivity contribution is -0.207. The molecule has 1 amide bonds. The molecule has 10 heteroatoms. The van der Waals surface area contributed by atoms with Gasteiger partial charge in [-0.15, -0.1) is 5.48 Å². The van der Waals surface area contributed by atoms with Crippen LogP contribution in [0.2, 0.25) is 0 Å². The second-order valence-corrected chi connectivity index (χ2v) is 8.01. The quantitative estimate of drug-likeness (QED) is 0.446. The van der Waals surface area contributed by atoms with Gasteiger partial charge in [0.15, 0.2) is 0 Å². The first kappa shape index (κ1) is 23.5. The van der Waals surface area contributed by atoms with E-state index in [-0.39, 0.29) is 23.9 Å². The number of nitrogens with zero attached hydrogens (tertiary/aromatic N) is 1. The Morgan fingerprint density at radius 2 is 1.79 bits per heavy atom. The molecular formula is C24H21F3N2O5. The molecule has 1 N–H and O–H groups in total. The maximum absolute atomic E-state index is 12.9. The summed E-state index contributed by atoms with van der Waals surface area (Å²) in [7, 11) is 0. The molecule has 0 radical (unpaired) electrons. The molecule has 0 bridgehead atoms. The number of carbonyl (C=O) groups is 2. The Balaban J connectivity index is 1.36. The molecule has 1 fully saturated rings. The molecule has 1 aliphatic rings. The largest absolute Gasteiger partial charge is 0.492 e. The van der Waals surface area contributed by atoms with Gasteiger partial charge in [0.05, 0.1) is 6.54 Å². The van der Waals surface area contributed by atoms with E-state index in [0.717, 1.165) is 5.56 Å². The van der Waals surface area contributed by atoms with E-state index in [1.165, 1.54) is 0 Å². The number of benzene rings is 2. The molecule has 0 saturated carbocycles. The van der Waals surface area contributed by atoms with E-state index in [2.05, 4.69) is 4.84 Å². The summed E-state index contributed by atoms with van der Waals surface area (Å²) in [6.07, 6.45) is -3.75. The molecule has 1 aliphatic heterocycles. The Hall–Kier alpha value is -3.66. The fraction of sp³-hybridized carbons (Fsp3) is 0.292. The predicted molar refractivity (Wildman–Crippen MR) is 116 cm³/mol. The van der Waals surface area contributed by atoms with E-state index in [1.807, 2.05) is 17.6 Å². The highest BCUT2D eigenvalue weighted by molar-refractivity contribution is 5.96. The lowest BCUT2D eigenvalue weighted by Crippen LogP contribution is -2.39. The summed E-state index contributed by atoms with van der Waals surface area (Å²) < 4.78 is 41.9. The Bertz CT molecular complexity index is 1260. The standard InChI is InChI=1S/C24H21F3N2O5/c25-24(26,27)23(32)34-28-14-15-4-3-6-17(12-15)16-8-10-29(11-9-16)21(30)19-13-18-5-1-2-7-20(18)33-22(19)31/h1-7,12-13,16,28H,8-11,14H2. The van der Waals surface area contributed by atoms with Crippen LogP contribution in [-0.4, -0.2) is 36.0 Å². The van der Waals surface area contributed by atoms with E-state index < -0.39 is 17.8 Å². The molecule has 2 aromatic carbocycles. The van der Waals surface area contributed by atoms with Gasteiger partial charge < -0.3 is 14.2 Å². The molecule has 3 aromatic rings. The van der Waals surface area contributed by atoms with Crippen molar-refractivity contribution in [2.45, 2.75) is 31.5 Å². The molecule has 1 aromatic heterocycles. The number of halogens is 3. The van der Waals surface area contributed by atoms with E-state index in [9.17, 15) is 27.6 Å². The third-order valence-corrected chi connectivity index (χ3v) is 5.75. The molecule has 0 aliphatic carbocycles. The molecular weight excluding hydrogens is 453 g/mol. The number of para-hydroxylation sites is 1. The molecule has 0 spiro atoms. The van der Waals surface area contributed by atoms with Gasteiger partial charge in [0.25, 0.3) is 5.91 Å². The highest BCUT2D eigenvalue weighted by Crippen LogP contribution is 2.29. The fourth-order valence-corrected chi connectivity index (χ4v) is 4.00. The molecule has 7 nitrogen and oxygen atoms in total. The van der Waals surface area contributed by atoms with Crippen LogP contribution in [-0.2, 0) is 16.2 Å². The normalized spacial score (nSPS) is 14.9. The van der Waals surface area contributed by atoms with E-state index >= 15 is 0 Å². The summed E-state index contributed by atoms with van der Waals surface area (Å²) in [5, 5.41) is 0.673. The maximum atomic E-state index is 12.9. The van der Waals surface area contributed by atoms with Crippen molar-refractivity contribution in [3.63, 3.8) is 0 Å². The first-order valence-corrected chi connectivity index (χ1v) is 10.6. The van der Waals surface area contributed by atoms with Gasteiger partial charge in [-0.05, 0) is 42.0 Å². The molecule has 4 rings (SSSR count). The Kier molecular flexibility index (Phi) is 6.69. The van der Waals surface area contributed by atoms with E-state index in [4.69, 9.17) is 4.42 Å². The number of fused-ring (bicyclic) bond motifs is 1. The zero-order chi connectivity index (χ0) is 24.3. The average molecular weight is 474 g/mol. The lowest BCUT2D eigenvalue weighted by atomic mass is 9.88. The van der Waals surface area contributed by atoms with Gasteiger partial charge >= 0.3 is 17.8 Å². The van der Waals surface area contributed by atoms with E-state index in [0.29, 0.717) is 42.5 Å². The van der Waals surface area contributed by atoms with Gasteiger partial charge in [-0.2, -0.15) is 13.2 Å². The van der Waals surface area contributed by atoms with Crippen LogP contribution in [0, 0.1) is 0 Å². The van der Waals surface area contributed by atoms with Crippen molar-refractivity contribution < 1.29 is 32.0 Å². The Morgan fingerprint density at radius 1 is 1.06 bits per heavy atom. The smallest absolute Gasteiger partial charge is 0.422 e. The van der Waals surface area contributed by atoms with Gasteiger partial charge in [-0.3, -0.25) is 4.79 Å². The third kappa shape index (κ3) is 5.28. The number of rotatable bonds is 5. The second-order valence-electron chi connectivity index (χ2n) is 8.01. The number of amides is 1. The number of alkyl halides is 3. The highest BCUT2D eigenvalue weighted by Gasteiger charge is 2.41. The zero-order valence-electron chi connectivity index (χ0n) is 17.9. The van der Waals surface area contributed by atoms with Gasteiger partial charge in [0.1, 0.15) is 11.1 Å². The van der Waals surface area contributed by atoms with Crippen molar-refractivity contribution >= 4 is 22.8 Å². The SMILES string of the molecule is O=C(c1cc2ccccc2oc1=O)N1CCC(c2cccc(CNOC(=O)C(F)(F)F)c2)CC1. The van der Waals surface area contributed by atoms with Crippen LogP contribution in [0.25, 0.3) is 11.0 Å². The number of hydrogen-bond acceptors (Lipinski definition) is 6. The van der Waals surface area contributed by atoms with Crippen molar-refractivity contribution in [3.8, 4) is 0 Å². The van der Waals surface area contributed by atoms with Crippen LogP contribution >= 0.6 is 0 Å². The minimum Gasteiger partial charge on any atom is -0.422 e. The fourth-order valence-electron chi connectivity index (χ4n) is 4.00. The molecule has 0 atom stereocenters. The van der Waals surface area contributed by atoms with Gasteiger partial charge in [-0.25, -0.2) is 9.59 Å². The van der Waals surface area contributed by atoms with Crippen molar-refractivity contribution in [2.75, 3.05) is 13.1 Å². The van der Waals surface area contributed by atoms with Crippen LogP contribution in [0.15, 0.2) is 63.8 Å².